The molecule has 0 fully saturated rings. The highest BCUT2D eigenvalue weighted by Gasteiger charge is 2.44. The van der Waals surface area contributed by atoms with Gasteiger partial charge in [0.05, 0.1) is 8.07 Å². The van der Waals surface area contributed by atoms with E-state index >= 15 is 0 Å². The van der Waals surface area contributed by atoms with Crippen LogP contribution in [0.3, 0.4) is 0 Å². The lowest BCUT2D eigenvalue weighted by Gasteiger charge is -2.44. The molecular weight excluding hydrogens is 353 g/mol. The Bertz CT molecular complexity index is 498. The molecular formula is C20H40Si4. The van der Waals surface area contributed by atoms with E-state index in [9.17, 15) is 0 Å². The van der Waals surface area contributed by atoms with Crippen LogP contribution in [-0.4, -0.2) is 32.3 Å². The SMILES string of the molecule is C=Cc1ccc([Si](C[Si](C)(C)C)(C[Si](C)(C)C)C[Si](C)(C)C)cc1. The molecule has 0 nitrogen and oxygen atoms in total. The molecule has 0 heterocycles. The van der Waals surface area contributed by atoms with Gasteiger partial charge >= 0.3 is 0 Å². The van der Waals surface area contributed by atoms with Gasteiger partial charge in [-0.2, -0.15) is 0 Å². The fourth-order valence-corrected chi connectivity index (χ4v) is 37.1. The summed E-state index contributed by atoms with van der Waals surface area (Å²) in [5.74, 6) is 0. The molecule has 1 aromatic carbocycles. The minimum absolute atomic E-state index is 1.11. The van der Waals surface area contributed by atoms with E-state index in [1.54, 1.807) is 22.2 Å². The Hall–Kier alpha value is -0.172. The lowest BCUT2D eigenvalue weighted by Crippen LogP contribution is -2.59. The van der Waals surface area contributed by atoms with Gasteiger partial charge in [-0.1, -0.05) is 118 Å². The first-order valence-electron chi connectivity index (χ1n) is 9.39. The van der Waals surface area contributed by atoms with Crippen molar-refractivity contribution in [2.45, 2.75) is 75.9 Å². The largest absolute Gasteiger partial charge is 0.0985 e. The Balaban J connectivity index is 3.49. The maximum absolute atomic E-state index is 3.93. The second-order valence-corrected chi connectivity index (χ2v) is 34.1. The van der Waals surface area contributed by atoms with Crippen molar-refractivity contribution in [3.8, 4) is 0 Å². The first-order valence-corrected chi connectivity index (χ1v) is 23.1. The van der Waals surface area contributed by atoms with E-state index in [-0.39, 0.29) is 0 Å². The highest BCUT2D eigenvalue weighted by Crippen LogP contribution is 2.34. The van der Waals surface area contributed by atoms with Crippen molar-refractivity contribution in [3.05, 3.63) is 36.4 Å². The molecule has 0 saturated heterocycles. The van der Waals surface area contributed by atoms with Gasteiger partial charge in [0, 0.05) is 24.2 Å². The Morgan fingerprint density at radius 3 is 1.25 bits per heavy atom. The van der Waals surface area contributed by atoms with Crippen molar-refractivity contribution in [2.24, 2.45) is 0 Å². The van der Waals surface area contributed by atoms with Gasteiger partial charge in [0.15, 0.2) is 0 Å². The van der Waals surface area contributed by atoms with E-state index in [4.69, 9.17) is 0 Å². The number of hydrogen-bond acceptors (Lipinski definition) is 0. The average molecular weight is 393 g/mol. The number of rotatable bonds is 8. The van der Waals surface area contributed by atoms with Gasteiger partial charge in [-0.3, -0.25) is 0 Å². The van der Waals surface area contributed by atoms with Crippen molar-refractivity contribution in [1.29, 1.82) is 0 Å². The van der Waals surface area contributed by atoms with E-state index < -0.39 is 32.3 Å². The third-order valence-electron chi connectivity index (χ3n) is 4.36. The van der Waals surface area contributed by atoms with E-state index in [2.05, 4.69) is 89.8 Å². The lowest BCUT2D eigenvalue weighted by atomic mass is 10.2. The summed E-state index contributed by atoms with van der Waals surface area (Å²) in [5, 5.41) is 1.74. The molecule has 0 saturated carbocycles. The molecule has 0 aliphatic heterocycles. The first-order chi connectivity index (χ1) is 10.7. The summed E-state index contributed by atoms with van der Waals surface area (Å²) >= 11 is 0. The van der Waals surface area contributed by atoms with Crippen LogP contribution in [-0.2, 0) is 0 Å². The van der Waals surface area contributed by atoms with E-state index in [1.165, 1.54) is 5.56 Å². The molecule has 0 aliphatic carbocycles. The molecule has 0 bridgehead atoms. The van der Waals surface area contributed by atoms with Crippen LogP contribution in [0.2, 0.25) is 75.9 Å². The summed E-state index contributed by atoms with van der Waals surface area (Å²) in [6, 6.07) is 9.57. The second-order valence-electron chi connectivity index (χ2n) is 11.3. The van der Waals surface area contributed by atoms with Crippen LogP contribution in [0.1, 0.15) is 5.56 Å². The van der Waals surface area contributed by atoms with Crippen LogP contribution in [0.4, 0.5) is 0 Å². The van der Waals surface area contributed by atoms with Gasteiger partial charge in [0.25, 0.3) is 0 Å². The van der Waals surface area contributed by atoms with Crippen LogP contribution in [0, 0.1) is 0 Å². The van der Waals surface area contributed by atoms with Crippen LogP contribution < -0.4 is 5.19 Å². The topological polar surface area (TPSA) is 0 Å². The Labute approximate surface area is 155 Å². The molecule has 1 aromatic rings. The summed E-state index contributed by atoms with van der Waals surface area (Å²) in [4.78, 5) is 0. The molecule has 0 amide bonds. The Kier molecular flexibility index (Phi) is 6.93. The molecule has 0 aromatic heterocycles. The summed E-state index contributed by atoms with van der Waals surface area (Å²) in [5.41, 5.74) is 5.93. The maximum atomic E-state index is 3.93. The number of benzene rings is 1. The monoisotopic (exact) mass is 392 g/mol. The summed E-state index contributed by atoms with van der Waals surface area (Å²) in [6.45, 7) is 27.2. The first kappa shape index (κ1) is 21.9. The highest BCUT2D eigenvalue weighted by atomic mass is 28.4. The van der Waals surface area contributed by atoms with Crippen LogP contribution in [0.5, 0.6) is 0 Å². The fourth-order valence-electron chi connectivity index (χ4n) is 4.51. The van der Waals surface area contributed by atoms with Gasteiger partial charge in [-0.15, -0.1) is 0 Å². The maximum Gasteiger partial charge on any atom is 0.0790 e. The zero-order chi connectivity index (χ0) is 18.8. The third-order valence-corrected chi connectivity index (χ3v) is 26.8. The van der Waals surface area contributed by atoms with E-state index in [0.717, 1.165) is 0 Å². The molecule has 4 heteroatoms. The predicted octanol–water partition coefficient (Wildman–Crippen LogP) is 6.62. The second kappa shape index (κ2) is 7.60. The average Bonchev–Trinajstić information content (AvgIpc) is 2.32. The zero-order valence-corrected chi connectivity index (χ0v) is 21.7. The lowest BCUT2D eigenvalue weighted by molar-refractivity contribution is 1.41. The molecule has 0 unspecified atom stereocenters. The van der Waals surface area contributed by atoms with Gasteiger partial charge < -0.3 is 0 Å². The summed E-state index contributed by atoms with van der Waals surface area (Å²) in [6.07, 6.45) is 1.97. The Morgan fingerprint density at radius 2 is 1.00 bits per heavy atom. The molecule has 0 radical (unpaired) electrons. The van der Waals surface area contributed by atoms with Gasteiger partial charge in [0.2, 0.25) is 0 Å². The van der Waals surface area contributed by atoms with Gasteiger partial charge in [0.1, 0.15) is 0 Å². The van der Waals surface area contributed by atoms with Crippen molar-refractivity contribution >= 4 is 43.6 Å². The molecule has 0 atom stereocenters. The smallest absolute Gasteiger partial charge is 0.0790 e. The van der Waals surface area contributed by atoms with Gasteiger partial charge in [-0.25, -0.2) is 0 Å². The van der Waals surface area contributed by atoms with Gasteiger partial charge in [-0.05, 0) is 5.56 Å². The number of hydrogen-bond donors (Lipinski definition) is 0. The molecule has 24 heavy (non-hydrogen) atoms. The van der Waals surface area contributed by atoms with E-state index in [0.29, 0.717) is 0 Å². The molecule has 136 valence electrons. The molecule has 0 N–H and O–H groups in total. The summed E-state index contributed by atoms with van der Waals surface area (Å²) < 4.78 is 0. The minimum Gasteiger partial charge on any atom is -0.0985 e. The standard InChI is InChI=1S/C20H40Si4/c1-11-19-12-14-20(15-13-19)24(16-21(2,3)4,17-22(5,6)7)18-23(8,9)10/h11-15H,1,16-18H2,2-10H3. The van der Waals surface area contributed by atoms with Crippen LogP contribution in [0.15, 0.2) is 30.8 Å². The normalized spacial score (nSPS) is 13.9. The predicted molar refractivity (Wildman–Crippen MR) is 126 cm³/mol. The highest BCUT2D eigenvalue weighted by molar-refractivity contribution is 7.13. The van der Waals surface area contributed by atoms with Crippen molar-refractivity contribution < 1.29 is 0 Å². The summed E-state index contributed by atoms with van der Waals surface area (Å²) in [7, 11) is -4.80. The quantitative estimate of drug-likeness (QED) is 0.436. The van der Waals surface area contributed by atoms with Crippen molar-refractivity contribution in [1.82, 2.24) is 0 Å². The van der Waals surface area contributed by atoms with Crippen molar-refractivity contribution in [3.63, 3.8) is 0 Å². The zero-order valence-electron chi connectivity index (χ0n) is 17.7. The van der Waals surface area contributed by atoms with Crippen LogP contribution in [0.25, 0.3) is 6.08 Å². The minimum atomic E-state index is -1.46. The Morgan fingerprint density at radius 1 is 0.667 bits per heavy atom. The van der Waals surface area contributed by atoms with E-state index in [1.807, 2.05) is 6.08 Å². The van der Waals surface area contributed by atoms with Crippen molar-refractivity contribution in [2.75, 3.05) is 0 Å². The third kappa shape index (κ3) is 7.38. The molecule has 0 spiro atoms. The molecule has 1 rings (SSSR count). The fraction of sp³-hybridized carbons (Fsp3) is 0.600. The molecule has 0 aliphatic rings. The van der Waals surface area contributed by atoms with Crippen LogP contribution >= 0.6 is 0 Å².